The number of benzene rings is 1. The molecule has 0 amide bonds. The fraction of sp³-hybridized carbons (Fsp3) is 0.353. The van der Waals surface area contributed by atoms with Crippen LogP contribution in [0.25, 0.3) is 11.6 Å². The van der Waals surface area contributed by atoms with Crippen LogP contribution in [0.2, 0.25) is 0 Å². The number of allylic oxidation sites excluding steroid dienone is 1. The number of phenols is 1. The third kappa shape index (κ3) is 3.04. The van der Waals surface area contributed by atoms with Gasteiger partial charge in [-0.05, 0) is 36.6 Å². The second-order valence-electron chi connectivity index (χ2n) is 5.50. The summed E-state index contributed by atoms with van der Waals surface area (Å²) in [5, 5.41) is 27.6. The summed E-state index contributed by atoms with van der Waals surface area (Å²) in [6.07, 6.45) is 6.00. The van der Waals surface area contributed by atoms with E-state index in [9.17, 15) is 10.4 Å². The number of aryl methyl sites for hydroxylation is 1. The van der Waals surface area contributed by atoms with E-state index < -0.39 is 0 Å². The molecule has 1 aromatic carbocycles. The second kappa shape index (κ2) is 6.53. The minimum Gasteiger partial charge on any atom is -0.504 e. The maximum Gasteiger partial charge on any atom is 0.174 e. The van der Waals surface area contributed by atoms with Gasteiger partial charge in [0.2, 0.25) is 0 Å². The van der Waals surface area contributed by atoms with Gasteiger partial charge in [-0.2, -0.15) is 5.26 Å². The van der Waals surface area contributed by atoms with Crippen molar-refractivity contribution in [2.45, 2.75) is 32.2 Å². The molecule has 2 heterocycles. The molecule has 6 heteroatoms. The van der Waals surface area contributed by atoms with E-state index in [2.05, 4.69) is 16.3 Å². The van der Waals surface area contributed by atoms with Gasteiger partial charge >= 0.3 is 0 Å². The first-order valence-electron chi connectivity index (χ1n) is 7.64. The van der Waals surface area contributed by atoms with Crippen molar-refractivity contribution in [2.24, 2.45) is 0 Å². The van der Waals surface area contributed by atoms with E-state index in [0.717, 1.165) is 37.2 Å². The van der Waals surface area contributed by atoms with E-state index in [-0.39, 0.29) is 5.75 Å². The molecule has 0 fully saturated rings. The van der Waals surface area contributed by atoms with Crippen molar-refractivity contribution in [3.63, 3.8) is 0 Å². The van der Waals surface area contributed by atoms with E-state index in [1.807, 2.05) is 4.57 Å². The zero-order valence-electron chi connectivity index (χ0n) is 13.0. The summed E-state index contributed by atoms with van der Waals surface area (Å²) in [7, 11) is 1.49. The Morgan fingerprint density at radius 2 is 2.22 bits per heavy atom. The highest BCUT2D eigenvalue weighted by Crippen LogP contribution is 2.28. The van der Waals surface area contributed by atoms with Crippen LogP contribution in [0, 0.1) is 11.3 Å². The normalized spacial score (nSPS) is 14.7. The Morgan fingerprint density at radius 1 is 1.35 bits per heavy atom. The van der Waals surface area contributed by atoms with Crippen molar-refractivity contribution in [1.29, 1.82) is 5.26 Å². The topological polar surface area (TPSA) is 84.0 Å². The summed E-state index contributed by atoms with van der Waals surface area (Å²) in [4.78, 5) is 0. The number of nitrogens with zero attached hydrogens (tertiary/aromatic N) is 4. The molecular weight excluding hydrogens is 292 g/mol. The standard InChI is InChI=1S/C17H18N4O2/c1-23-15-10-12(6-7-14(15)22)9-13(11-18)17-20-19-16-5-3-2-4-8-21(16)17/h6-7,9-10,22H,2-5,8H2,1H3/b13-9-. The molecule has 0 aliphatic carbocycles. The molecule has 118 valence electrons. The average Bonchev–Trinajstić information content (AvgIpc) is 2.82. The first-order valence-corrected chi connectivity index (χ1v) is 7.64. The molecule has 1 N–H and O–H groups in total. The number of hydrogen-bond acceptors (Lipinski definition) is 5. The van der Waals surface area contributed by atoms with Gasteiger partial charge in [-0.3, -0.25) is 0 Å². The summed E-state index contributed by atoms with van der Waals surface area (Å²) < 4.78 is 7.14. The van der Waals surface area contributed by atoms with E-state index in [0.29, 0.717) is 17.1 Å². The Labute approximate surface area is 134 Å². The van der Waals surface area contributed by atoms with Crippen LogP contribution in [-0.2, 0) is 13.0 Å². The molecule has 0 saturated heterocycles. The first kappa shape index (κ1) is 15.1. The van der Waals surface area contributed by atoms with Crippen molar-refractivity contribution >= 4 is 11.6 Å². The quantitative estimate of drug-likeness (QED) is 0.881. The van der Waals surface area contributed by atoms with E-state index >= 15 is 0 Å². The fourth-order valence-electron chi connectivity index (χ4n) is 2.78. The number of aromatic hydroxyl groups is 1. The van der Waals surface area contributed by atoms with E-state index in [1.54, 1.807) is 24.3 Å². The molecule has 0 bridgehead atoms. The highest BCUT2D eigenvalue weighted by atomic mass is 16.5. The molecule has 6 nitrogen and oxygen atoms in total. The number of aromatic nitrogens is 3. The number of ether oxygens (including phenoxy) is 1. The van der Waals surface area contributed by atoms with Crippen LogP contribution in [-0.4, -0.2) is 27.0 Å². The Balaban J connectivity index is 2.00. The monoisotopic (exact) mass is 310 g/mol. The predicted octanol–water partition coefficient (Wildman–Crippen LogP) is 2.78. The van der Waals surface area contributed by atoms with Crippen molar-refractivity contribution in [3.8, 4) is 17.6 Å². The minimum absolute atomic E-state index is 0.0690. The molecular formula is C17H18N4O2. The molecule has 1 aliphatic heterocycles. The van der Waals surface area contributed by atoms with Crippen LogP contribution in [0.1, 0.15) is 36.5 Å². The van der Waals surface area contributed by atoms with Crippen LogP contribution < -0.4 is 4.74 Å². The van der Waals surface area contributed by atoms with Gasteiger partial charge in [0.1, 0.15) is 11.9 Å². The number of methoxy groups -OCH3 is 1. The molecule has 2 aromatic rings. The van der Waals surface area contributed by atoms with Crippen LogP contribution in [0.15, 0.2) is 18.2 Å². The number of fused-ring (bicyclic) bond motifs is 1. The van der Waals surface area contributed by atoms with Crippen molar-refractivity contribution in [3.05, 3.63) is 35.4 Å². The summed E-state index contributed by atoms with van der Waals surface area (Å²) in [6.45, 7) is 0.843. The molecule has 23 heavy (non-hydrogen) atoms. The number of rotatable bonds is 3. The zero-order chi connectivity index (χ0) is 16.2. The lowest BCUT2D eigenvalue weighted by Gasteiger charge is -2.07. The molecule has 0 radical (unpaired) electrons. The van der Waals surface area contributed by atoms with Crippen LogP contribution in [0.4, 0.5) is 0 Å². The Kier molecular flexibility index (Phi) is 4.29. The van der Waals surface area contributed by atoms with E-state index in [4.69, 9.17) is 4.74 Å². The molecule has 1 aliphatic rings. The number of nitriles is 1. The Bertz CT molecular complexity index is 786. The third-order valence-corrected chi connectivity index (χ3v) is 3.99. The lowest BCUT2D eigenvalue weighted by molar-refractivity contribution is 0.373. The Hall–Kier alpha value is -2.81. The number of hydrogen-bond donors (Lipinski definition) is 1. The van der Waals surface area contributed by atoms with Crippen LogP contribution in [0.5, 0.6) is 11.5 Å². The smallest absolute Gasteiger partial charge is 0.174 e. The lowest BCUT2D eigenvalue weighted by Crippen LogP contribution is -2.05. The largest absolute Gasteiger partial charge is 0.504 e. The first-order chi connectivity index (χ1) is 11.2. The van der Waals surface area contributed by atoms with Gasteiger partial charge in [0.25, 0.3) is 0 Å². The fourth-order valence-corrected chi connectivity index (χ4v) is 2.78. The van der Waals surface area contributed by atoms with Crippen LogP contribution >= 0.6 is 0 Å². The second-order valence-corrected chi connectivity index (χ2v) is 5.50. The van der Waals surface area contributed by atoms with Crippen molar-refractivity contribution in [2.75, 3.05) is 7.11 Å². The molecule has 3 rings (SSSR count). The lowest BCUT2D eigenvalue weighted by atomic mass is 10.1. The highest BCUT2D eigenvalue weighted by Gasteiger charge is 2.17. The summed E-state index contributed by atoms with van der Waals surface area (Å²) >= 11 is 0. The molecule has 0 spiro atoms. The van der Waals surface area contributed by atoms with Crippen molar-refractivity contribution < 1.29 is 9.84 Å². The van der Waals surface area contributed by atoms with Gasteiger partial charge in [-0.1, -0.05) is 12.5 Å². The van der Waals surface area contributed by atoms with Gasteiger partial charge in [-0.25, -0.2) is 0 Å². The minimum atomic E-state index is 0.0690. The van der Waals surface area contributed by atoms with E-state index in [1.165, 1.54) is 13.5 Å². The average molecular weight is 310 g/mol. The van der Waals surface area contributed by atoms with Gasteiger partial charge in [0, 0.05) is 13.0 Å². The summed E-state index contributed by atoms with van der Waals surface area (Å²) in [5.41, 5.74) is 1.22. The van der Waals surface area contributed by atoms with Gasteiger partial charge in [-0.15, -0.1) is 10.2 Å². The highest BCUT2D eigenvalue weighted by molar-refractivity contribution is 5.87. The SMILES string of the molecule is COc1cc(/C=C(/C#N)c2nnc3n2CCCCC3)ccc1O. The molecule has 0 saturated carbocycles. The zero-order valence-corrected chi connectivity index (χ0v) is 13.0. The van der Waals surface area contributed by atoms with Crippen LogP contribution in [0.3, 0.4) is 0 Å². The molecule has 0 atom stereocenters. The Morgan fingerprint density at radius 3 is 3.00 bits per heavy atom. The molecule has 1 aromatic heterocycles. The summed E-state index contributed by atoms with van der Waals surface area (Å²) in [5.74, 6) is 1.99. The predicted molar refractivity (Wildman–Crippen MR) is 85.7 cm³/mol. The third-order valence-electron chi connectivity index (χ3n) is 3.99. The van der Waals surface area contributed by atoms with Gasteiger partial charge in [0.05, 0.1) is 12.7 Å². The van der Waals surface area contributed by atoms with Gasteiger partial charge < -0.3 is 14.4 Å². The molecule has 0 unspecified atom stereocenters. The number of phenolic OH excluding ortho intramolecular Hbond substituents is 1. The maximum atomic E-state index is 9.66. The van der Waals surface area contributed by atoms with Crippen molar-refractivity contribution in [1.82, 2.24) is 14.8 Å². The summed E-state index contributed by atoms with van der Waals surface area (Å²) in [6, 6.07) is 7.17. The van der Waals surface area contributed by atoms with Gasteiger partial charge in [0.15, 0.2) is 17.3 Å². The maximum absolute atomic E-state index is 9.66.